The second-order valence-electron chi connectivity index (χ2n) is 3.48. The first-order valence-corrected chi connectivity index (χ1v) is 4.95. The van der Waals surface area contributed by atoms with Gasteiger partial charge in [-0.25, -0.2) is 0 Å². The Morgan fingerprint density at radius 1 is 1.62 bits per heavy atom. The Kier molecular flexibility index (Phi) is 2.96. The summed E-state index contributed by atoms with van der Waals surface area (Å²) in [6.07, 6.45) is -0.293. The summed E-state index contributed by atoms with van der Waals surface area (Å²) in [5.41, 5.74) is 5.77. The maximum Gasteiger partial charge on any atom is 0.258 e. The minimum absolute atomic E-state index is 0.162. The highest BCUT2D eigenvalue weighted by atomic mass is 16.5. The van der Waals surface area contributed by atoms with Gasteiger partial charge in [0.2, 0.25) is 0 Å². The first-order chi connectivity index (χ1) is 7.72. The number of rotatable bonds is 2. The number of benzene rings is 1. The van der Waals surface area contributed by atoms with Crippen molar-refractivity contribution in [1.82, 2.24) is 0 Å². The van der Waals surface area contributed by atoms with E-state index >= 15 is 0 Å². The number of hydrogen-bond donors (Lipinski definition) is 2. The molecule has 0 aliphatic carbocycles. The van der Waals surface area contributed by atoms with E-state index in [0.717, 1.165) is 0 Å². The molecule has 16 heavy (non-hydrogen) atoms. The molecule has 1 aliphatic rings. The summed E-state index contributed by atoms with van der Waals surface area (Å²) in [6.45, 7) is 0.169. The lowest BCUT2D eigenvalue weighted by atomic mass is 10.2. The predicted octanol–water partition coefficient (Wildman–Crippen LogP) is -0.00571. The summed E-state index contributed by atoms with van der Waals surface area (Å²) < 4.78 is 10.9. The van der Waals surface area contributed by atoms with Crippen molar-refractivity contribution in [1.29, 1.82) is 0 Å². The molecular weight excluding hydrogens is 210 g/mol. The van der Waals surface area contributed by atoms with Gasteiger partial charge in [-0.1, -0.05) is 0 Å². The molecule has 1 heterocycles. The van der Waals surface area contributed by atoms with Gasteiger partial charge in [-0.05, 0) is 18.2 Å². The minimum Gasteiger partial charge on any atom is -0.489 e. The van der Waals surface area contributed by atoms with Crippen LogP contribution >= 0.6 is 0 Å². The van der Waals surface area contributed by atoms with E-state index in [0.29, 0.717) is 30.1 Å². The zero-order chi connectivity index (χ0) is 11.5. The maximum atomic E-state index is 11.1. The summed E-state index contributed by atoms with van der Waals surface area (Å²) in [6, 6.07) is 5.99. The molecule has 0 saturated carbocycles. The van der Waals surface area contributed by atoms with Gasteiger partial charge >= 0.3 is 0 Å². The van der Waals surface area contributed by atoms with Gasteiger partial charge in [-0.15, -0.1) is 0 Å². The second kappa shape index (κ2) is 4.40. The smallest absolute Gasteiger partial charge is 0.258 e. The van der Waals surface area contributed by atoms with Crippen LogP contribution in [0.15, 0.2) is 12.1 Å². The molecule has 3 N–H and O–H groups in total. The van der Waals surface area contributed by atoms with Gasteiger partial charge in [0.15, 0.2) is 17.6 Å². The van der Waals surface area contributed by atoms with Crippen LogP contribution in [-0.2, 0) is 11.4 Å². The fourth-order valence-electron chi connectivity index (χ4n) is 1.56. The van der Waals surface area contributed by atoms with E-state index in [1.54, 1.807) is 12.1 Å². The normalized spacial score (nSPS) is 18.9. The molecule has 1 aromatic carbocycles. The molecule has 0 bridgehead atoms. The van der Waals surface area contributed by atoms with Crippen molar-refractivity contribution in [3.63, 3.8) is 0 Å². The number of ether oxygens (including phenoxy) is 2. The van der Waals surface area contributed by atoms with E-state index in [2.05, 4.69) is 6.07 Å². The highest BCUT2D eigenvalue weighted by molar-refractivity contribution is 5.79. The molecule has 85 valence electrons. The molecule has 0 spiro atoms. The van der Waals surface area contributed by atoms with Gasteiger partial charge in [0.1, 0.15) is 0 Å². The molecule has 0 fully saturated rings. The molecule has 5 heteroatoms. The van der Waals surface area contributed by atoms with Crippen LogP contribution in [0.2, 0.25) is 0 Å². The summed E-state index contributed by atoms with van der Waals surface area (Å²) in [7, 11) is 0. The fraction of sp³-hybridized carbons (Fsp3) is 0.364. The number of carbonyl (C=O) groups is 1. The number of primary amides is 1. The lowest BCUT2D eigenvalue weighted by Crippen LogP contribution is -2.33. The largest absolute Gasteiger partial charge is 0.489 e. The highest BCUT2D eigenvalue weighted by Gasteiger charge is 2.24. The summed E-state index contributed by atoms with van der Waals surface area (Å²) in [4.78, 5) is 11.1. The Hall–Kier alpha value is -1.75. The molecule has 0 saturated heterocycles. The Labute approximate surface area is 92.8 Å². The number of fused-ring (bicyclic) bond motifs is 1. The van der Waals surface area contributed by atoms with Gasteiger partial charge in [0.05, 0.1) is 13.2 Å². The van der Waals surface area contributed by atoms with Gasteiger partial charge in [0, 0.05) is 12.0 Å². The van der Waals surface area contributed by atoms with Crippen LogP contribution in [0.5, 0.6) is 11.5 Å². The number of aliphatic hydroxyl groups is 1. The summed E-state index contributed by atoms with van der Waals surface area (Å²) >= 11 is 0. The van der Waals surface area contributed by atoms with Crippen LogP contribution in [0.3, 0.4) is 0 Å². The van der Waals surface area contributed by atoms with Crippen molar-refractivity contribution in [2.24, 2.45) is 5.73 Å². The van der Waals surface area contributed by atoms with Crippen molar-refractivity contribution in [3.8, 4) is 11.5 Å². The Morgan fingerprint density at radius 3 is 3.12 bits per heavy atom. The second-order valence-corrected chi connectivity index (χ2v) is 3.48. The first kappa shape index (κ1) is 10.8. The third-order valence-corrected chi connectivity index (χ3v) is 2.37. The van der Waals surface area contributed by atoms with Crippen LogP contribution in [0, 0.1) is 6.07 Å². The van der Waals surface area contributed by atoms with Crippen molar-refractivity contribution >= 4 is 5.91 Å². The quantitative estimate of drug-likeness (QED) is 0.737. The molecule has 5 nitrogen and oxygen atoms in total. The molecule has 1 atom stereocenters. The van der Waals surface area contributed by atoms with E-state index in [-0.39, 0.29) is 6.61 Å². The number of carbonyl (C=O) groups excluding carboxylic acids is 1. The molecule has 1 aliphatic heterocycles. The standard InChI is InChI=1S/C11H12NO4/c12-11(14)9-4-5-15-10-7(6-13)2-1-3-8(10)16-9/h2-3,9,13H,4-6H2,(H2,12,14). The molecule has 1 aromatic rings. The number of hydrogen-bond acceptors (Lipinski definition) is 4. The molecule has 2 rings (SSSR count). The third kappa shape index (κ3) is 1.94. The van der Waals surface area contributed by atoms with Crippen LogP contribution in [0.1, 0.15) is 12.0 Å². The maximum absolute atomic E-state index is 11.1. The van der Waals surface area contributed by atoms with Crippen LogP contribution < -0.4 is 15.2 Å². The van der Waals surface area contributed by atoms with Gasteiger partial charge in [-0.3, -0.25) is 4.79 Å². The number of aliphatic hydroxyl groups excluding tert-OH is 1. The average Bonchev–Trinajstić information content (AvgIpc) is 2.50. The first-order valence-electron chi connectivity index (χ1n) is 4.95. The average molecular weight is 222 g/mol. The number of amides is 1. The highest BCUT2D eigenvalue weighted by Crippen LogP contribution is 2.34. The lowest BCUT2D eigenvalue weighted by Gasteiger charge is -2.13. The fourth-order valence-corrected chi connectivity index (χ4v) is 1.56. The van der Waals surface area contributed by atoms with E-state index in [9.17, 15) is 4.79 Å². The van der Waals surface area contributed by atoms with E-state index in [1.165, 1.54) is 0 Å². The van der Waals surface area contributed by atoms with Crippen LogP contribution in [0.4, 0.5) is 0 Å². The van der Waals surface area contributed by atoms with Crippen molar-refractivity contribution in [2.75, 3.05) is 6.61 Å². The topological polar surface area (TPSA) is 81.8 Å². The third-order valence-electron chi connectivity index (χ3n) is 2.37. The summed E-state index contributed by atoms with van der Waals surface area (Å²) in [5.74, 6) is 0.337. The van der Waals surface area contributed by atoms with Gasteiger partial charge < -0.3 is 20.3 Å². The van der Waals surface area contributed by atoms with Gasteiger partial charge in [0.25, 0.3) is 5.91 Å². The molecule has 1 amide bonds. The summed E-state index contributed by atoms with van der Waals surface area (Å²) in [5, 5.41) is 9.11. The lowest BCUT2D eigenvalue weighted by molar-refractivity contribution is -0.124. The molecule has 0 aromatic heterocycles. The predicted molar refractivity (Wildman–Crippen MR) is 54.9 cm³/mol. The van der Waals surface area contributed by atoms with Crippen molar-refractivity contribution in [2.45, 2.75) is 19.1 Å². The Morgan fingerprint density at radius 2 is 2.44 bits per heavy atom. The minimum atomic E-state index is -0.691. The molecular formula is C11H12NO4. The Balaban J connectivity index is 2.34. The number of nitrogens with two attached hydrogens (primary N) is 1. The van der Waals surface area contributed by atoms with E-state index in [4.69, 9.17) is 20.3 Å². The SMILES string of the molecule is NC(=O)C1CCOc2c(CO)c[c]cc2O1. The Bertz CT molecular complexity index is 405. The zero-order valence-corrected chi connectivity index (χ0v) is 8.60. The monoisotopic (exact) mass is 222 g/mol. The van der Waals surface area contributed by atoms with Crippen molar-refractivity contribution in [3.05, 3.63) is 23.8 Å². The van der Waals surface area contributed by atoms with E-state index in [1.807, 2.05) is 0 Å². The van der Waals surface area contributed by atoms with E-state index < -0.39 is 12.0 Å². The zero-order valence-electron chi connectivity index (χ0n) is 8.60. The van der Waals surface area contributed by atoms with Gasteiger partial charge in [-0.2, -0.15) is 0 Å². The van der Waals surface area contributed by atoms with Crippen molar-refractivity contribution < 1.29 is 19.4 Å². The molecule has 1 unspecified atom stereocenters. The van der Waals surface area contributed by atoms with Crippen LogP contribution in [0.25, 0.3) is 0 Å². The van der Waals surface area contributed by atoms with Crippen LogP contribution in [-0.4, -0.2) is 23.7 Å². The molecule has 1 radical (unpaired) electrons.